The van der Waals surface area contributed by atoms with E-state index in [0.717, 1.165) is 39.7 Å². The number of nitrogen functional groups attached to an aromatic ring is 1. The molecule has 1 aliphatic heterocycles. The van der Waals surface area contributed by atoms with Crippen LogP contribution in [0.3, 0.4) is 0 Å². The molecule has 3 aromatic rings. The van der Waals surface area contributed by atoms with Crippen LogP contribution in [0.5, 0.6) is 0 Å². The molecule has 1 aromatic heterocycles. The first-order valence-corrected chi connectivity index (χ1v) is 11.2. The third kappa shape index (κ3) is 4.06. The molecule has 0 unspecified atom stereocenters. The Bertz CT molecular complexity index is 1240. The average Bonchev–Trinajstić information content (AvgIpc) is 2.83. The Hall–Kier alpha value is -3.74. The molecule has 33 heavy (non-hydrogen) atoms. The van der Waals surface area contributed by atoms with E-state index >= 15 is 0 Å². The molecule has 2 heterocycles. The number of aryl methyl sites for hydroxylation is 1. The summed E-state index contributed by atoms with van der Waals surface area (Å²) in [6, 6.07) is 11.3. The number of aromatic nitrogens is 1. The Morgan fingerprint density at radius 2 is 1.70 bits per heavy atom. The maximum absolute atomic E-state index is 12.9. The van der Waals surface area contributed by atoms with E-state index in [2.05, 4.69) is 6.92 Å². The lowest BCUT2D eigenvalue weighted by Crippen LogP contribution is -2.50. The normalized spacial score (nSPS) is 13.9. The highest BCUT2D eigenvalue weighted by atomic mass is 16.2. The van der Waals surface area contributed by atoms with Crippen LogP contribution in [0, 0.1) is 12.3 Å². The zero-order valence-electron chi connectivity index (χ0n) is 19.3. The average molecular weight is 444 g/mol. The summed E-state index contributed by atoms with van der Waals surface area (Å²) in [5, 5.41) is 8.75. The van der Waals surface area contributed by atoms with E-state index < -0.39 is 0 Å². The van der Waals surface area contributed by atoms with E-state index in [1.807, 2.05) is 37.3 Å². The van der Waals surface area contributed by atoms with Gasteiger partial charge in [0, 0.05) is 67.1 Å². The predicted octanol–water partition coefficient (Wildman–Crippen LogP) is 3.66. The van der Waals surface area contributed by atoms with Crippen molar-refractivity contribution < 1.29 is 9.59 Å². The van der Waals surface area contributed by atoms with Gasteiger partial charge in [0.05, 0.1) is 11.2 Å². The van der Waals surface area contributed by atoms with Crippen molar-refractivity contribution in [3.8, 4) is 11.3 Å². The lowest BCUT2D eigenvalue weighted by molar-refractivity contribution is -0.130. The molecule has 0 spiro atoms. The standard InChI is InChI=1S/C26H29N5O2/c1-4-20-16(2)25(29-23-10-9-22(28)21(15-27)24(20)23)18-5-7-19(8-6-18)26(33)31-13-11-30(12-14-31)17(3)32/h5-10,15,27H,4,11-14,28H2,1-3H3. The van der Waals surface area contributed by atoms with Crippen LogP contribution in [0.4, 0.5) is 5.69 Å². The van der Waals surface area contributed by atoms with Crippen molar-refractivity contribution in [3.05, 3.63) is 58.7 Å². The molecule has 7 heteroatoms. The summed E-state index contributed by atoms with van der Waals surface area (Å²) in [6.07, 6.45) is 2.10. The second kappa shape index (κ2) is 9.02. The maximum Gasteiger partial charge on any atom is 0.253 e. The number of amides is 2. The number of nitrogens with zero attached hydrogens (tertiary/aromatic N) is 3. The first-order chi connectivity index (χ1) is 15.8. The number of benzene rings is 2. The molecular weight excluding hydrogens is 414 g/mol. The fourth-order valence-corrected chi connectivity index (χ4v) is 4.63. The van der Waals surface area contributed by atoms with Crippen LogP contribution in [-0.4, -0.2) is 59.0 Å². The van der Waals surface area contributed by atoms with Crippen molar-refractivity contribution in [2.24, 2.45) is 0 Å². The SMILES string of the molecule is CCc1c(C)c(-c2ccc(C(=O)N3CCN(C(C)=O)CC3)cc2)nc2ccc(N)c(C=N)c12. The summed E-state index contributed by atoms with van der Waals surface area (Å²) in [4.78, 5) is 32.9. The number of hydrogen-bond donors (Lipinski definition) is 2. The van der Waals surface area contributed by atoms with Gasteiger partial charge < -0.3 is 20.9 Å². The number of piperazine rings is 1. The molecule has 1 aliphatic rings. The highest BCUT2D eigenvalue weighted by Crippen LogP contribution is 2.33. The highest BCUT2D eigenvalue weighted by Gasteiger charge is 2.23. The van der Waals surface area contributed by atoms with E-state index in [-0.39, 0.29) is 11.8 Å². The van der Waals surface area contributed by atoms with Gasteiger partial charge in [0.25, 0.3) is 5.91 Å². The van der Waals surface area contributed by atoms with E-state index in [1.54, 1.807) is 22.8 Å². The summed E-state index contributed by atoms with van der Waals surface area (Å²) in [5.41, 5.74) is 12.8. The molecule has 1 saturated heterocycles. The molecule has 0 radical (unpaired) electrons. The number of anilines is 1. The molecule has 7 nitrogen and oxygen atoms in total. The van der Waals surface area contributed by atoms with Gasteiger partial charge in [-0.25, -0.2) is 4.98 Å². The number of nitrogens with two attached hydrogens (primary N) is 1. The van der Waals surface area contributed by atoms with Crippen molar-refractivity contribution in [1.29, 1.82) is 5.41 Å². The number of carbonyl (C=O) groups excluding carboxylic acids is 2. The zero-order valence-corrected chi connectivity index (χ0v) is 19.3. The summed E-state index contributed by atoms with van der Waals surface area (Å²) in [5.74, 6) is 0.0277. The molecule has 0 bridgehead atoms. The highest BCUT2D eigenvalue weighted by molar-refractivity contribution is 6.05. The number of pyridine rings is 1. The number of hydrogen-bond acceptors (Lipinski definition) is 5. The summed E-state index contributed by atoms with van der Waals surface area (Å²) < 4.78 is 0. The van der Waals surface area contributed by atoms with Crippen LogP contribution in [0.25, 0.3) is 22.2 Å². The van der Waals surface area contributed by atoms with Gasteiger partial charge in [0.1, 0.15) is 0 Å². The van der Waals surface area contributed by atoms with Gasteiger partial charge in [-0.3, -0.25) is 9.59 Å². The molecular formula is C26H29N5O2. The lowest BCUT2D eigenvalue weighted by Gasteiger charge is -2.34. The smallest absolute Gasteiger partial charge is 0.253 e. The van der Waals surface area contributed by atoms with Crippen molar-refractivity contribution in [2.45, 2.75) is 27.2 Å². The third-order valence-electron chi connectivity index (χ3n) is 6.51. The second-order valence-corrected chi connectivity index (χ2v) is 8.40. The minimum Gasteiger partial charge on any atom is -0.398 e. The quantitative estimate of drug-likeness (QED) is 0.474. The Morgan fingerprint density at radius 1 is 1.06 bits per heavy atom. The van der Waals surface area contributed by atoms with Crippen molar-refractivity contribution >= 4 is 34.6 Å². The molecule has 1 fully saturated rings. The zero-order chi connectivity index (χ0) is 23.7. The van der Waals surface area contributed by atoms with Crippen LogP contribution in [0.2, 0.25) is 0 Å². The maximum atomic E-state index is 12.9. The molecule has 170 valence electrons. The van der Waals surface area contributed by atoms with Gasteiger partial charge in [-0.2, -0.15) is 0 Å². The monoisotopic (exact) mass is 443 g/mol. The van der Waals surface area contributed by atoms with Crippen LogP contribution in [-0.2, 0) is 11.2 Å². The molecule has 3 N–H and O–H groups in total. The van der Waals surface area contributed by atoms with Crippen molar-refractivity contribution in [2.75, 3.05) is 31.9 Å². The molecule has 2 aromatic carbocycles. The molecule has 0 saturated carbocycles. The fraction of sp³-hybridized carbons (Fsp3) is 0.308. The Balaban J connectivity index is 1.65. The first-order valence-electron chi connectivity index (χ1n) is 11.2. The van der Waals surface area contributed by atoms with E-state index in [9.17, 15) is 9.59 Å². The Kier molecular flexibility index (Phi) is 6.14. The molecule has 0 atom stereocenters. The first kappa shape index (κ1) is 22.5. The predicted molar refractivity (Wildman–Crippen MR) is 132 cm³/mol. The molecule has 4 rings (SSSR count). The van der Waals surface area contributed by atoms with Crippen molar-refractivity contribution in [3.63, 3.8) is 0 Å². The van der Waals surface area contributed by atoms with Gasteiger partial charge in [0.15, 0.2) is 0 Å². The number of fused-ring (bicyclic) bond motifs is 1. The summed E-state index contributed by atoms with van der Waals surface area (Å²) >= 11 is 0. The van der Waals surface area contributed by atoms with E-state index in [4.69, 9.17) is 16.1 Å². The Morgan fingerprint density at radius 3 is 2.27 bits per heavy atom. The van der Waals surface area contributed by atoms with E-state index in [1.165, 1.54) is 6.21 Å². The minimum atomic E-state index is -0.0201. The number of nitrogens with one attached hydrogen (secondary N) is 1. The third-order valence-corrected chi connectivity index (χ3v) is 6.51. The van der Waals surface area contributed by atoms with Gasteiger partial charge in [-0.1, -0.05) is 19.1 Å². The number of rotatable bonds is 4. The molecule has 2 amide bonds. The van der Waals surface area contributed by atoms with Crippen LogP contribution in [0.1, 0.15) is 40.9 Å². The summed E-state index contributed by atoms with van der Waals surface area (Å²) in [6.45, 7) is 7.93. The van der Waals surface area contributed by atoms with E-state index in [0.29, 0.717) is 43.0 Å². The van der Waals surface area contributed by atoms with Crippen LogP contribution in [0.15, 0.2) is 36.4 Å². The lowest BCUT2D eigenvalue weighted by atomic mass is 9.93. The van der Waals surface area contributed by atoms with Crippen LogP contribution >= 0.6 is 0 Å². The molecule has 0 aliphatic carbocycles. The summed E-state index contributed by atoms with van der Waals surface area (Å²) in [7, 11) is 0. The topological polar surface area (TPSA) is 103 Å². The minimum absolute atomic E-state index is 0.0201. The van der Waals surface area contributed by atoms with Gasteiger partial charge >= 0.3 is 0 Å². The Labute approximate surface area is 193 Å². The second-order valence-electron chi connectivity index (χ2n) is 8.40. The van der Waals surface area contributed by atoms with Crippen molar-refractivity contribution in [1.82, 2.24) is 14.8 Å². The van der Waals surface area contributed by atoms with Gasteiger partial charge in [-0.15, -0.1) is 0 Å². The van der Waals surface area contributed by atoms with Gasteiger partial charge in [0.2, 0.25) is 5.91 Å². The van der Waals surface area contributed by atoms with Crippen LogP contribution < -0.4 is 5.73 Å². The fourth-order valence-electron chi connectivity index (χ4n) is 4.63. The van der Waals surface area contributed by atoms with Gasteiger partial charge in [-0.05, 0) is 48.7 Å². The largest absolute Gasteiger partial charge is 0.398 e. The number of carbonyl (C=O) groups is 2.